The van der Waals surface area contributed by atoms with Gasteiger partial charge in [0.25, 0.3) is 0 Å². The highest BCUT2D eigenvalue weighted by Gasteiger charge is 2.21. The van der Waals surface area contributed by atoms with Crippen LogP contribution in [0.25, 0.3) is 0 Å². The zero-order valence-electron chi connectivity index (χ0n) is 11.3. The van der Waals surface area contributed by atoms with Crippen molar-refractivity contribution in [3.05, 3.63) is 23.7 Å². The van der Waals surface area contributed by atoms with Gasteiger partial charge in [-0.1, -0.05) is 26.2 Å². The van der Waals surface area contributed by atoms with Gasteiger partial charge in [-0.25, -0.2) is 0 Å². The van der Waals surface area contributed by atoms with Crippen molar-refractivity contribution >= 4 is 0 Å². The Balaban J connectivity index is 1.81. The van der Waals surface area contributed by atoms with Crippen LogP contribution < -0.4 is 5.32 Å². The first-order chi connectivity index (χ1) is 8.16. The standard InChI is InChI=1S/C15H25NO/c1-11-6-4-5-7-14(11)10-16-13(3)15-9-8-12(2)17-15/h8-9,11,13-14,16H,4-7,10H2,1-3H3. The van der Waals surface area contributed by atoms with E-state index in [1.807, 2.05) is 13.0 Å². The molecule has 2 nitrogen and oxygen atoms in total. The maximum absolute atomic E-state index is 5.65. The fourth-order valence-corrected chi connectivity index (χ4v) is 2.81. The van der Waals surface area contributed by atoms with Crippen molar-refractivity contribution in [1.29, 1.82) is 0 Å². The smallest absolute Gasteiger partial charge is 0.120 e. The van der Waals surface area contributed by atoms with E-state index in [0.717, 1.165) is 29.9 Å². The van der Waals surface area contributed by atoms with Gasteiger partial charge < -0.3 is 9.73 Å². The molecule has 1 fully saturated rings. The quantitative estimate of drug-likeness (QED) is 0.851. The number of hydrogen-bond donors (Lipinski definition) is 1. The summed E-state index contributed by atoms with van der Waals surface area (Å²) in [5.41, 5.74) is 0. The molecule has 1 N–H and O–H groups in total. The number of hydrogen-bond acceptors (Lipinski definition) is 2. The molecule has 0 saturated heterocycles. The van der Waals surface area contributed by atoms with Crippen molar-refractivity contribution < 1.29 is 4.42 Å². The van der Waals surface area contributed by atoms with E-state index in [4.69, 9.17) is 4.42 Å². The normalized spacial score (nSPS) is 27.0. The third-order valence-corrected chi connectivity index (χ3v) is 4.16. The third-order valence-electron chi connectivity index (χ3n) is 4.16. The lowest BCUT2D eigenvalue weighted by atomic mass is 9.80. The van der Waals surface area contributed by atoms with Crippen LogP contribution in [0.5, 0.6) is 0 Å². The molecular formula is C15H25NO. The molecule has 3 atom stereocenters. The van der Waals surface area contributed by atoms with Crippen LogP contribution in [-0.4, -0.2) is 6.54 Å². The van der Waals surface area contributed by atoms with Gasteiger partial charge in [-0.3, -0.25) is 0 Å². The molecule has 17 heavy (non-hydrogen) atoms. The van der Waals surface area contributed by atoms with Crippen LogP contribution in [0.1, 0.15) is 57.1 Å². The largest absolute Gasteiger partial charge is 0.465 e. The van der Waals surface area contributed by atoms with Gasteiger partial charge in [0.15, 0.2) is 0 Å². The number of furan rings is 1. The molecule has 1 aliphatic rings. The molecule has 0 radical (unpaired) electrons. The molecule has 0 spiro atoms. The Morgan fingerprint density at radius 3 is 2.76 bits per heavy atom. The molecule has 96 valence electrons. The van der Waals surface area contributed by atoms with E-state index in [1.165, 1.54) is 25.7 Å². The Hall–Kier alpha value is -0.760. The number of rotatable bonds is 4. The lowest BCUT2D eigenvalue weighted by Gasteiger charge is -2.29. The van der Waals surface area contributed by atoms with Crippen LogP contribution in [0.3, 0.4) is 0 Å². The summed E-state index contributed by atoms with van der Waals surface area (Å²) in [7, 11) is 0. The maximum atomic E-state index is 5.65. The molecule has 0 aliphatic heterocycles. The van der Waals surface area contributed by atoms with Gasteiger partial charge >= 0.3 is 0 Å². The first-order valence-corrected chi connectivity index (χ1v) is 6.96. The van der Waals surface area contributed by atoms with Gasteiger partial charge in [-0.05, 0) is 50.8 Å². The average molecular weight is 235 g/mol. The zero-order valence-corrected chi connectivity index (χ0v) is 11.3. The zero-order chi connectivity index (χ0) is 12.3. The Morgan fingerprint density at radius 2 is 2.12 bits per heavy atom. The van der Waals surface area contributed by atoms with Crippen molar-refractivity contribution in [1.82, 2.24) is 5.32 Å². The lowest BCUT2D eigenvalue weighted by Crippen LogP contribution is -2.30. The van der Waals surface area contributed by atoms with Crippen molar-refractivity contribution in [3.63, 3.8) is 0 Å². The molecule has 2 rings (SSSR count). The summed E-state index contributed by atoms with van der Waals surface area (Å²) in [6.45, 7) is 7.71. The minimum atomic E-state index is 0.331. The van der Waals surface area contributed by atoms with Gasteiger partial charge in [0.1, 0.15) is 11.5 Å². The molecule has 1 aliphatic carbocycles. The summed E-state index contributed by atoms with van der Waals surface area (Å²) >= 11 is 0. The van der Waals surface area contributed by atoms with E-state index in [0.29, 0.717) is 6.04 Å². The van der Waals surface area contributed by atoms with Crippen LogP contribution in [0.15, 0.2) is 16.5 Å². The average Bonchev–Trinajstić information content (AvgIpc) is 2.74. The molecule has 0 aromatic carbocycles. The lowest BCUT2D eigenvalue weighted by molar-refractivity contribution is 0.238. The summed E-state index contributed by atoms with van der Waals surface area (Å²) in [6, 6.07) is 4.45. The van der Waals surface area contributed by atoms with E-state index >= 15 is 0 Å². The van der Waals surface area contributed by atoms with Crippen LogP contribution >= 0.6 is 0 Å². The highest BCUT2D eigenvalue weighted by atomic mass is 16.3. The monoisotopic (exact) mass is 235 g/mol. The van der Waals surface area contributed by atoms with Gasteiger partial charge in [0.2, 0.25) is 0 Å². The van der Waals surface area contributed by atoms with E-state index in [2.05, 4.69) is 25.2 Å². The second-order valence-electron chi connectivity index (χ2n) is 5.60. The Kier molecular flexibility index (Phi) is 4.27. The van der Waals surface area contributed by atoms with E-state index in [9.17, 15) is 0 Å². The molecule has 0 amide bonds. The van der Waals surface area contributed by atoms with Crippen LogP contribution in [0.4, 0.5) is 0 Å². The molecule has 1 aromatic heterocycles. The van der Waals surface area contributed by atoms with E-state index in [1.54, 1.807) is 0 Å². The summed E-state index contributed by atoms with van der Waals surface area (Å²) in [6.07, 6.45) is 5.62. The van der Waals surface area contributed by atoms with Gasteiger partial charge in [0.05, 0.1) is 6.04 Å². The van der Waals surface area contributed by atoms with Crippen molar-refractivity contribution in [2.75, 3.05) is 6.54 Å². The molecular weight excluding hydrogens is 210 g/mol. The maximum Gasteiger partial charge on any atom is 0.120 e. The fraction of sp³-hybridized carbons (Fsp3) is 0.733. The minimum Gasteiger partial charge on any atom is -0.465 e. The van der Waals surface area contributed by atoms with Crippen LogP contribution in [-0.2, 0) is 0 Å². The summed E-state index contributed by atoms with van der Waals surface area (Å²) in [4.78, 5) is 0. The molecule has 1 saturated carbocycles. The topological polar surface area (TPSA) is 25.2 Å². The fourth-order valence-electron chi connectivity index (χ4n) is 2.81. The van der Waals surface area contributed by atoms with Gasteiger partial charge in [-0.15, -0.1) is 0 Å². The minimum absolute atomic E-state index is 0.331. The highest BCUT2D eigenvalue weighted by Crippen LogP contribution is 2.29. The van der Waals surface area contributed by atoms with Crippen molar-refractivity contribution in [3.8, 4) is 0 Å². The Morgan fingerprint density at radius 1 is 1.35 bits per heavy atom. The van der Waals surface area contributed by atoms with Gasteiger partial charge in [-0.2, -0.15) is 0 Å². The van der Waals surface area contributed by atoms with E-state index in [-0.39, 0.29) is 0 Å². The molecule has 1 heterocycles. The number of aryl methyl sites for hydroxylation is 1. The van der Waals surface area contributed by atoms with Crippen molar-refractivity contribution in [2.24, 2.45) is 11.8 Å². The van der Waals surface area contributed by atoms with Crippen LogP contribution in [0.2, 0.25) is 0 Å². The first-order valence-electron chi connectivity index (χ1n) is 6.96. The third kappa shape index (κ3) is 3.35. The Labute approximate surface area is 105 Å². The first kappa shape index (κ1) is 12.7. The summed E-state index contributed by atoms with van der Waals surface area (Å²) in [5, 5.41) is 3.62. The molecule has 2 heteroatoms. The Bertz CT molecular complexity index is 344. The predicted molar refractivity (Wildman–Crippen MR) is 71.0 cm³/mol. The van der Waals surface area contributed by atoms with Crippen LogP contribution in [0, 0.1) is 18.8 Å². The molecule has 1 aromatic rings. The summed E-state index contributed by atoms with van der Waals surface area (Å²) < 4.78 is 5.65. The predicted octanol–water partition coefficient (Wildman–Crippen LogP) is 4.06. The SMILES string of the molecule is Cc1ccc(C(C)NCC2CCCCC2C)o1. The molecule has 3 unspecified atom stereocenters. The van der Waals surface area contributed by atoms with E-state index < -0.39 is 0 Å². The number of nitrogens with one attached hydrogen (secondary N) is 1. The highest BCUT2D eigenvalue weighted by molar-refractivity contribution is 5.08. The van der Waals surface area contributed by atoms with Crippen molar-refractivity contribution in [2.45, 2.75) is 52.5 Å². The van der Waals surface area contributed by atoms with Gasteiger partial charge in [0, 0.05) is 0 Å². The molecule has 0 bridgehead atoms. The summed E-state index contributed by atoms with van der Waals surface area (Å²) in [5.74, 6) is 3.79. The second-order valence-corrected chi connectivity index (χ2v) is 5.60. The second kappa shape index (κ2) is 5.72.